The van der Waals surface area contributed by atoms with Crippen molar-refractivity contribution >= 4 is 10.0 Å². The quantitative estimate of drug-likeness (QED) is 0.324. The van der Waals surface area contributed by atoms with Crippen molar-refractivity contribution in [3.8, 4) is 28.7 Å². The lowest BCUT2D eigenvalue weighted by Gasteiger charge is -2.14. The van der Waals surface area contributed by atoms with Gasteiger partial charge < -0.3 is 14.6 Å². The molecule has 34 heavy (non-hydrogen) atoms. The molecule has 0 aliphatic heterocycles. The molecule has 0 bridgehead atoms. The molecule has 0 aliphatic carbocycles. The minimum atomic E-state index is -3.79. The van der Waals surface area contributed by atoms with Crippen LogP contribution in [-0.4, -0.2) is 46.5 Å². The third-order valence-electron chi connectivity index (χ3n) is 5.06. The van der Waals surface area contributed by atoms with Gasteiger partial charge in [-0.1, -0.05) is 60.5 Å². The first-order valence-corrected chi connectivity index (χ1v) is 12.4. The maximum atomic E-state index is 12.8. The molecule has 0 saturated carbocycles. The van der Waals surface area contributed by atoms with Gasteiger partial charge in [0.05, 0.1) is 24.2 Å². The molecule has 1 unspecified atom stereocenters. The van der Waals surface area contributed by atoms with Gasteiger partial charge in [-0.15, -0.1) is 5.92 Å². The number of nitrogens with one attached hydrogen (secondary N) is 1. The second-order valence-electron chi connectivity index (χ2n) is 7.61. The number of aliphatic hydroxyl groups excluding tert-OH is 1. The molecule has 2 N–H and O–H groups in total. The minimum Gasteiger partial charge on any atom is -0.491 e. The molecule has 6 nitrogen and oxygen atoms in total. The Morgan fingerprint density at radius 1 is 0.882 bits per heavy atom. The predicted molar refractivity (Wildman–Crippen MR) is 133 cm³/mol. The number of methoxy groups -OCH3 is 1. The second-order valence-corrected chi connectivity index (χ2v) is 9.32. The first-order chi connectivity index (χ1) is 16.5. The highest BCUT2D eigenvalue weighted by Gasteiger charge is 2.19. The van der Waals surface area contributed by atoms with Crippen LogP contribution in [0, 0.1) is 11.8 Å². The van der Waals surface area contributed by atoms with Crippen molar-refractivity contribution in [3.63, 3.8) is 0 Å². The van der Waals surface area contributed by atoms with Crippen LogP contribution in [0.2, 0.25) is 0 Å². The van der Waals surface area contributed by atoms with Gasteiger partial charge >= 0.3 is 0 Å². The van der Waals surface area contributed by atoms with Gasteiger partial charge in [-0.05, 0) is 41.0 Å². The molecule has 3 aromatic carbocycles. The predicted octanol–water partition coefficient (Wildman–Crippen LogP) is 3.65. The fraction of sp³-hybridized carbons (Fsp3) is 0.259. The number of aliphatic hydroxyl groups is 1. The number of hydrogen-bond donors (Lipinski definition) is 2. The van der Waals surface area contributed by atoms with Crippen molar-refractivity contribution in [3.05, 3.63) is 84.4 Å². The van der Waals surface area contributed by atoms with E-state index >= 15 is 0 Å². The van der Waals surface area contributed by atoms with Gasteiger partial charge in [0.25, 0.3) is 0 Å². The monoisotopic (exact) mass is 479 g/mol. The van der Waals surface area contributed by atoms with E-state index in [0.29, 0.717) is 19.6 Å². The van der Waals surface area contributed by atoms with E-state index in [1.54, 1.807) is 31.4 Å². The molecule has 0 heterocycles. The van der Waals surface area contributed by atoms with E-state index in [4.69, 9.17) is 9.47 Å². The first-order valence-electron chi connectivity index (χ1n) is 11.0. The lowest BCUT2D eigenvalue weighted by molar-refractivity contribution is 0.146. The average Bonchev–Trinajstić information content (AvgIpc) is 2.87. The van der Waals surface area contributed by atoms with Crippen LogP contribution in [0.1, 0.15) is 12.0 Å². The topological polar surface area (TPSA) is 84.9 Å². The fourth-order valence-electron chi connectivity index (χ4n) is 3.20. The Morgan fingerprint density at radius 3 is 2.15 bits per heavy atom. The van der Waals surface area contributed by atoms with Crippen LogP contribution in [-0.2, 0) is 21.2 Å². The third-order valence-corrected chi connectivity index (χ3v) is 6.60. The molecule has 3 aromatic rings. The summed E-state index contributed by atoms with van der Waals surface area (Å²) in [5.41, 5.74) is 2.91. The van der Waals surface area contributed by atoms with E-state index in [-0.39, 0.29) is 17.9 Å². The van der Waals surface area contributed by atoms with Gasteiger partial charge in [-0.3, -0.25) is 0 Å². The number of rotatable bonds is 11. The summed E-state index contributed by atoms with van der Waals surface area (Å²) in [5, 5.41) is 9.62. The molecule has 0 spiro atoms. The summed E-state index contributed by atoms with van der Waals surface area (Å²) in [6.07, 6.45) is 0.799. The van der Waals surface area contributed by atoms with Crippen LogP contribution in [0.5, 0.6) is 5.75 Å². The molecule has 0 aromatic heterocycles. The SMILES string of the molecule is COCCOc1ccc(-c2ccc(S(=O)(=O)NC(CO)CC#CCc3ccccc3)cc2)cc1. The van der Waals surface area contributed by atoms with Crippen LogP contribution >= 0.6 is 0 Å². The van der Waals surface area contributed by atoms with E-state index in [1.807, 2.05) is 54.6 Å². The first kappa shape index (κ1) is 25.5. The van der Waals surface area contributed by atoms with Crippen molar-refractivity contribution in [2.45, 2.75) is 23.8 Å². The summed E-state index contributed by atoms with van der Waals surface area (Å²) in [6.45, 7) is 0.655. The van der Waals surface area contributed by atoms with Gasteiger partial charge in [0, 0.05) is 20.0 Å². The summed E-state index contributed by atoms with van der Waals surface area (Å²) in [5.74, 6) is 6.72. The zero-order chi connectivity index (χ0) is 24.2. The van der Waals surface area contributed by atoms with Crippen LogP contribution < -0.4 is 9.46 Å². The van der Waals surface area contributed by atoms with Crippen LogP contribution in [0.3, 0.4) is 0 Å². The maximum Gasteiger partial charge on any atom is 0.240 e. The van der Waals surface area contributed by atoms with E-state index in [0.717, 1.165) is 22.4 Å². The molecule has 7 heteroatoms. The molecule has 1 atom stereocenters. The number of hydrogen-bond acceptors (Lipinski definition) is 5. The number of ether oxygens (including phenoxy) is 2. The van der Waals surface area contributed by atoms with Crippen molar-refractivity contribution in [1.29, 1.82) is 0 Å². The van der Waals surface area contributed by atoms with Crippen LogP contribution in [0.4, 0.5) is 0 Å². The molecular formula is C27H29NO5S. The third kappa shape index (κ3) is 7.72. The second kappa shape index (κ2) is 12.9. The molecule has 0 amide bonds. The van der Waals surface area contributed by atoms with Crippen LogP contribution in [0.15, 0.2) is 83.8 Å². The highest BCUT2D eigenvalue weighted by Crippen LogP contribution is 2.24. The van der Waals surface area contributed by atoms with Crippen molar-refractivity contribution in [2.75, 3.05) is 26.9 Å². The molecule has 0 radical (unpaired) electrons. The van der Waals surface area contributed by atoms with E-state index in [1.165, 1.54) is 0 Å². The average molecular weight is 480 g/mol. The standard InChI is InChI=1S/C27H29NO5S/c1-32-19-20-33-26-15-11-23(12-16-26)24-13-17-27(18-14-24)34(30,31)28-25(21-29)10-6-5-9-22-7-3-2-4-8-22/h2-4,7-8,11-18,25,28-29H,9-10,19-21H2,1H3. The summed E-state index contributed by atoms with van der Waals surface area (Å²) >= 11 is 0. The zero-order valence-corrected chi connectivity index (χ0v) is 19.9. The van der Waals surface area contributed by atoms with Crippen molar-refractivity contribution < 1.29 is 23.0 Å². The Hall–Kier alpha value is -3.15. The Bertz CT molecular complexity index is 1180. The normalized spacial score (nSPS) is 11.9. The van der Waals surface area contributed by atoms with E-state index in [2.05, 4.69) is 16.6 Å². The molecule has 0 fully saturated rings. The van der Waals surface area contributed by atoms with Gasteiger partial charge in [-0.25, -0.2) is 13.1 Å². The summed E-state index contributed by atoms with van der Waals surface area (Å²) < 4.78 is 38.6. The molecule has 178 valence electrons. The Balaban J connectivity index is 1.59. The van der Waals surface area contributed by atoms with Crippen molar-refractivity contribution in [1.82, 2.24) is 4.72 Å². The van der Waals surface area contributed by atoms with Crippen LogP contribution in [0.25, 0.3) is 11.1 Å². The summed E-state index contributed by atoms with van der Waals surface area (Å²) in [7, 11) is -2.17. The van der Waals surface area contributed by atoms with Gasteiger partial charge in [0.1, 0.15) is 12.4 Å². The molecule has 3 rings (SSSR count). The minimum absolute atomic E-state index is 0.131. The smallest absolute Gasteiger partial charge is 0.240 e. The number of benzene rings is 3. The maximum absolute atomic E-state index is 12.8. The molecular weight excluding hydrogens is 450 g/mol. The van der Waals surface area contributed by atoms with E-state index < -0.39 is 16.1 Å². The van der Waals surface area contributed by atoms with Gasteiger partial charge in [0.2, 0.25) is 10.0 Å². The lowest BCUT2D eigenvalue weighted by atomic mass is 10.1. The Morgan fingerprint density at radius 2 is 1.53 bits per heavy atom. The van der Waals surface area contributed by atoms with Gasteiger partial charge in [-0.2, -0.15) is 0 Å². The molecule has 0 saturated heterocycles. The molecule has 0 aliphatic rings. The fourth-order valence-corrected chi connectivity index (χ4v) is 4.43. The lowest BCUT2D eigenvalue weighted by Crippen LogP contribution is -2.37. The van der Waals surface area contributed by atoms with Crippen molar-refractivity contribution in [2.24, 2.45) is 0 Å². The Labute approximate surface area is 201 Å². The summed E-state index contributed by atoms with van der Waals surface area (Å²) in [6, 6.07) is 23.3. The number of sulfonamides is 1. The Kier molecular flexibility index (Phi) is 9.68. The zero-order valence-electron chi connectivity index (χ0n) is 19.1. The van der Waals surface area contributed by atoms with E-state index in [9.17, 15) is 13.5 Å². The largest absolute Gasteiger partial charge is 0.491 e. The highest BCUT2D eigenvalue weighted by atomic mass is 32.2. The highest BCUT2D eigenvalue weighted by molar-refractivity contribution is 7.89. The summed E-state index contributed by atoms with van der Waals surface area (Å²) in [4.78, 5) is 0.131. The van der Waals surface area contributed by atoms with Gasteiger partial charge in [0.15, 0.2) is 0 Å².